The maximum Gasteiger partial charge on any atom is 0.255 e. The smallest absolute Gasteiger partial charge is 0.255 e. The minimum absolute atomic E-state index is 0.0188. The number of ether oxygens (including phenoxy) is 1. The highest BCUT2D eigenvalue weighted by molar-refractivity contribution is 7.11. The van der Waals surface area contributed by atoms with Gasteiger partial charge in [-0.25, -0.2) is 4.98 Å². The molecule has 9 heteroatoms. The van der Waals surface area contributed by atoms with Crippen LogP contribution in [0.25, 0.3) is 0 Å². The summed E-state index contributed by atoms with van der Waals surface area (Å²) in [5.41, 5.74) is 6.92. The van der Waals surface area contributed by atoms with E-state index in [-0.39, 0.29) is 23.9 Å². The standard InChI is InChI=1S/C17H17FN6OS/c1-9-23-24-14(26-9)7-13-15(18)16(22-17(19)21-13)25-8-10-6-11(10)12-4-2-3-5-20-12/h2-5,10-11H,6-8H2,1H3,(H2,19,21,22)/t10-,11+/m1/s1. The van der Waals surface area contributed by atoms with Crippen LogP contribution in [0.1, 0.15) is 33.7 Å². The molecule has 134 valence electrons. The van der Waals surface area contributed by atoms with Crippen LogP contribution >= 0.6 is 11.3 Å². The molecule has 3 aromatic heterocycles. The van der Waals surface area contributed by atoms with Crippen molar-refractivity contribution < 1.29 is 9.13 Å². The van der Waals surface area contributed by atoms with E-state index in [0.717, 1.165) is 17.1 Å². The Kier molecular flexibility index (Phi) is 4.46. The van der Waals surface area contributed by atoms with E-state index in [0.29, 0.717) is 23.5 Å². The summed E-state index contributed by atoms with van der Waals surface area (Å²) in [7, 11) is 0. The maximum atomic E-state index is 14.7. The molecule has 4 rings (SSSR count). The average Bonchev–Trinajstić information content (AvgIpc) is 3.31. The molecule has 0 saturated heterocycles. The zero-order valence-electron chi connectivity index (χ0n) is 14.1. The highest BCUT2D eigenvalue weighted by Gasteiger charge is 2.40. The minimum Gasteiger partial charge on any atom is -0.475 e. The number of pyridine rings is 1. The molecule has 0 amide bonds. The van der Waals surface area contributed by atoms with Crippen molar-refractivity contribution in [3.8, 4) is 5.88 Å². The van der Waals surface area contributed by atoms with E-state index in [1.165, 1.54) is 11.3 Å². The van der Waals surface area contributed by atoms with Crippen molar-refractivity contribution in [2.75, 3.05) is 12.3 Å². The first-order valence-corrected chi connectivity index (χ1v) is 9.06. The maximum absolute atomic E-state index is 14.7. The predicted octanol–water partition coefficient (Wildman–Crippen LogP) is 2.53. The van der Waals surface area contributed by atoms with Crippen LogP contribution in [0.15, 0.2) is 24.4 Å². The number of nitrogens with two attached hydrogens (primary N) is 1. The van der Waals surface area contributed by atoms with Crippen LogP contribution in [0.4, 0.5) is 10.3 Å². The molecule has 3 aromatic rings. The third kappa shape index (κ3) is 3.62. The van der Waals surface area contributed by atoms with Crippen molar-refractivity contribution in [1.29, 1.82) is 0 Å². The van der Waals surface area contributed by atoms with Gasteiger partial charge in [0, 0.05) is 30.1 Å². The quantitative estimate of drug-likeness (QED) is 0.709. The van der Waals surface area contributed by atoms with Crippen molar-refractivity contribution in [2.24, 2.45) is 5.92 Å². The van der Waals surface area contributed by atoms with Crippen LogP contribution in [0.2, 0.25) is 0 Å². The summed E-state index contributed by atoms with van der Waals surface area (Å²) in [5.74, 6) is -0.0748. The SMILES string of the molecule is Cc1nnc(Cc2nc(N)nc(OC[C@H]3C[C@@H]3c3ccccn3)c2F)s1. The monoisotopic (exact) mass is 372 g/mol. The Labute approximate surface area is 153 Å². The first kappa shape index (κ1) is 16.8. The van der Waals surface area contributed by atoms with Crippen LogP contribution in [0.5, 0.6) is 5.88 Å². The van der Waals surface area contributed by atoms with Crippen molar-refractivity contribution in [2.45, 2.75) is 25.7 Å². The lowest BCUT2D eigenvalue weighted by Gasteiger charge is -2.09. The molecule has 26 heavy (non-hydrogen) atoms. The second-order valence-electron chi connectivity index (χ2n) is 6.21. The minimum atomic E-state index is -0.595. The molecule has 2 atom stereocenters. The summed E-state index contributed by atoms with van der Waals surface area (Å²) in [6, 6.07) is 5.85. The normalized spacial score (nSPS) is 18.7. The summed E-state index contributed by atoms with van der Waals surface area (Å²) < 4.78 is 20.3. The molecule has 1 saturated carbocycles. The van der Waals surface area contributed by atoms with Crippen LogP contribution in [-0.4, -0.2) is 31.8 Å². The number of nitrogen functional groups attached to an aromatic ring is 1. The van der Waals surface area contributed by atoms with Crippen molar-refractivity contribution in [3.05, 3.63) is 51.6 Å². The number of hydrogen-bond donors (Lipinski definition) is 1. The number of hydrogen-bond acceptors (Lipinski definition) is 8. The predicted molar refractivity (Wildman–Crippen MR) is 94.4 cm³/mol. The Bertz CT molecular complexity index is 919. The van der Waals surface area contributed by atoms with Gasteiger partial charge in [0.1, 0.15) is 10.0 Å². The lowest BCUT2D eigenvalue weighted by Crippen LogP contribution is -2.10. The Morgan fingerprint density at radius 1 is 1.31 bits per heavy atom. The van der Waals surface area contributed by atoms with Crippen LogP contribution < -0.4 is 10.5 Å². The third-order valence-electron chi connectivity index (χ3n) is 4.22. The molecule has 0 aromatic carbocycles. The average molecular weight is 372 g/mol. The molecule has 3 heterocycles. The Hall–Kier alpha value is -2.68. The summed E-state index contributed by atoms with van der Waals surface area (Å²) >= 11 is 1.39. The number of anilines is 1. The number of halogens is 1. The van der Waals surface area contributed by atoms with E-state index in [1.807, 2.05) is 25.1 Å². The fraction of sp³-hybridized carbons (Fsp3) is 0.353. The van der Waals surface area contributed by atoms with Gasteiger partial charge in [-0.05, 0) is 25.5 Å². The summed E-state index contributed by atoms with van der Waals surface area (Å²) in [4.78, 5) is 12.2. The molecular formula is C17H17FN6OS. The topological polar surface area (TPSA) is 99.7 Å². The second kappa shape index (κ2) is 6.91. The van der Waals surface area contributed by atoms with Crippen LogP contribution in [0.3, 0.4) is 0 Å². The number of nitrogens with zero attached hydrogens (tertiary/aromatic N) is 5. The molecule has 0 unspecified atom stereocenters. The van der Waals surface area contributed by atoms with Crippen molar-refractivity contribution >= 4 is 17.3 Å². The van der Waals surface area contributed by atoms with Gasteiger partial charge in [0.25, 0.3) is 5.88 Å². The van der Waals surface area contributed by atoms with E-state index < -0.39 is 5.82 Å². The molecule has 0 radical (unpaired) electrons. The Balaban J connectivity index is 1.44. The van der Waals surface area contributed by atoms with E-state index in [9.17, 15) is 4.39 Å². The van der Waals surface area contributed by atoms with Gasteiger partial charge in [-0.1, -0.05) is 6.07 Å². The molecule has 2 N–H and O–H groups in total. The molecule has 7 nitrogen and oxygen atoms in total. The lowest BCUT2D eigenvalue weighted by atomic mass is 10.2. The molecular weight excluding hydrogens is 355 g/mol. The van der Waals surface area contributed by atoms with Crippen molar-refractivity contribution in [3.63, 3.8) is 0 Å². The molecule has 1 aliphatic carbocycles. The van der Waals surface area contributed by atoms with Gasteiger partial charge >= 0.3 is 0 Å². The number of aromatic nitrogens is 5. The highest BCUT2D eigenvalue weighted by Crippen LogP contribution is 2.46. The first-order chi connectivity index (χ1) is 12.6. The van der Waals surface area contributed by atoms with E-state index in [4.69, 9.17) is 10.5 Å². The fourth-order valence-corrected chi connectivity index (χ4v) is 3.54. The zero-order valence-corrected chi connectivity index (χ0v) is 14.9. The number of aryl methyl sites for hydroxylation is 1. The lowest BCUT2D eigenvalue weighted by molar-refractivity contribution is 0.269. The van der Waals surface area contributed by atoms with Gasteiger partial charge in [0.05, 0.1) is 12.3 Å². The van der Waals surface area contributed by atoms with Gasteiger partial charge in [-0.2, -0.15) is 9.37 Å². The third-order valence-corrected chi connectivity index (χ3v) is 5.06. The van der Waals surface area contributed by atoms with Gasteiger partial charge in [0.15, 0.2) is 0 Å². The van der Waals surface area contributed by atoms with Crippen molar-refractivity contribution in [1.82, 2.24) is 25.1 Å². The molecule has 0 spiro atoms. The zero-order chi connectivity index (χ0) is 18.1. The summed E-state index contributed by atoms with van der Waals surface area (Å²) in [6.07, 6.45) is 2.95. The summed E-state index contributed by atoms with van der Waals surface area (Å²) in [5, 5.41) is 9.40. The fourth-order valence-electron chi connectivity index (χ4n) is 2.83. The molecule has 0 aliphatic heterocycles. The Morgan fingerprint density at radius 2 is 2.19 bits per heavy atom. The Morgan fingerprint density at radius 3 is 2.92 bits per heavy atom. The van der Waals surface area contributed by atoms with E-state index in [1.54, 1.807) is 6.20 Å². The van der Waals surface area contributed by atoms with Crippen LogP contribution in [0, 0.1) is 18.7 Å². The molecule has 1 fully saturated rings. The van der Waals surface area contributed by atoms with Gasteiger partial charge in [-0.15, -0.1) is 21.5 Å². The van der Waals surface area contributed by atoms with Crippen LogP contribution in [-0.2, 0) is 6.42 Å². The van der Waals surface area contributed by atoms with Gasteiger partial charge in [0.2, 0.25) is 11.8 Å². The molecule has 1 aliphatic rings. The largest absolute Gasteiger partial charge is 0.475 e. The second-order valence-corrected chi connectivity index (χ2v) is 7.47. The highest BCUT2D eigenvalue weighted by atomic mass is 32.1. The molecule has 0 bridgehead atoms. The van der Waals surface area contributed by atoms with Gasteiger partial charge in [-0.3, -0.25) is 4.98 Å². The van der Waals surface area contributed by atoms with Gasteiger partial charge < -0.3 is 10.5 Å². The van der Waals surface area contributed by atoms with E-state index in [2.05, 4.69) is 25.1 Å². The van der Waals surface area contributed by atoms with E-state index >= 15 is 0 Å². The first-order valence-electron chi connectivity index (χ1n) is 8.24. The summed E-state index contributed by atoms with van der Waals surface area (Å²) in [6.45, 7) is 2.21. The number of rotatable bonds is 6.